The Morgan fingerprint density at radius 3 is 2.91 bits per heavy atom. The smallest absolute Gasteiger partial charge is 0.329 e. The number of methoxy groups -OCH3 is 1. The van der Waals surface area contributed by atoms with Crippen LogP contribution in [-0.4, -0.2) is 30.8 Å². The van der Waals surface area contributed by atoms with Gasteiger partial charge >= 0.3 is 5.97 Å². The van der Waals surface area contributed by atoms with Gasteiger partial charge < -0.3 is 15.2 Å². The molecule has 2 N–H and O–H groups in total. The monoisotopic (exact) mass is 159 g/mol. The summed E-state index contributed by atoms with van der Waals surface area (Å²) in [4.78, 5) is 9.96. The average molecular weight is 159 g/mol. The topological polar surface area (TPSA) is 58.6 Å². The molecular weight excluding hydrogens is 146 g/mol. The lowest BCUT2D eigenvalue weighted by Gasteiger charge is -2.07. The highest BCUT2D eigenvalue weighted by Crippen LogP contribution is 1.82. The van der Waals surface area contributed by atoms with Gasteiger partial charge in [0.2, 0.25) is 0 Å². The van der Waals surface area contributed by atoms with Crippen molar-refractivity contribution in [2.45, 2.75) is 13.0 Å². The largest absolute Gasteiger partial charge is 0.478 e. The van der Waals surface area contributed by atoms with E-state index in [1.165, 1.54) is 6.20 Å². The van der Waals surface area contributed by atoms with E-state index in [-0.39, 0.29) is 6.10 Å². The van der Waals surface area contributed by atoms with Gasteiger partial charge in [0.15, 0.2) is 0 Å². The van der Waals surface area contributed by atoms with Crippen LogP contribution in [0.4, 0.5) is 0 Å². The average Bonchev–Trinajstić information content (AvgIpc) is 1.97. The van der Waals surface area contributed by atoms with E-state index in [0.29, 0.717) is 6.54 Å². The van der Waals surface area contributed by atoms with Gasteiger partial charge in [0, 0.05) is 25.9 Å². The molecule has 4 nitrogen and oxygen atoms in total. The first-order valence-corrected chi connectivity index (χ1v) is 3.32. The zero-order valence-electron chi connectivity index (χ0n) is 6.70. The van der Waals surface area contributed by atoms with Crippen LogP contribution in [0.1, 0.15) is 6.92 Å². The Kier molecular flexibility index (Phi) is 5.20. The summed E-state index contributed by atoms with van der Waals surface area (Å²) < 4.78 is 4.91. The number of carbonyl (C=O) groups is 1. The van der Waals surface area contributed by atoms with Crippen molar-refractivity contribution in [3.05, 3.63) is 12.3 Å². The Labute approximate surface area is 65.9 Å². The molecule has 0 amide bonds. The minimum atomic E-state index is -0.956. The molecule has 0 saturated carbocycles. The van der Waals surface area contributed by atoms with Crippen LogP contribution in [0.15, 0.2) is 12.3 Å². The fourth-order valence-corrected chi connectivity index (χ4v) is 0.448. The predicted molar refractivity (Wildman–Crippen MR) is 41.2 cm³/mol. The van der Waals surface area contributed by atoms with Crippen molar-refractivity contribution in [1.29, 1.82) is 0 Å². The van der Waals surface area contributed by atoms with Crippen LogP contribution in [0.2, 0.25) is 0 Å². The summed E-state index contributed by atoms with van der Waals surface area (Å²) in [5, 5.41) is 11.0. The molecular formula is C7H13NO3. The van der Waals surface area contributed by atoms with Gasteiger partial charge in [-0.25, -0.2) is 4.79 Å². The second kappa shape index (κ2) is 5.73. The summed E-state index contributed by atoms with van der Waals surface area (Å²) in [6, 6.07) is 0. The van der Waals surface area contributed by atoms with E-state index in [9.17, 15) is 4.79 Å². The molecule has 4 heteroatoms. The molecule has 1 atom stereocenters. The molecule has 0 aliphatic carbocycles. The molecule has 0 radical (unpaired) electrons. The third-order valence-corrected chi connectivity index (χ3v) is 1.15. The second-order valence-corrected chi connectivity index (χ2v) is 2.13. The molecule has 0 rings (SSSR count). The number of ether oxygens (including phenoxy) is 1. The first kappa shape index (κ1) is 9.97. The van der Waals surface area contributed by atoms with Gasteiger partial charge in [-0.15, -0.1) is 0 Å². The molecule has 11 heavy (non-hydrogen) atoms. The second-order valence-electron chi connectivity index (χ2n) is 2.13. The summed E-state index contributed by atoms with van der Waals surface area (Å²) in [6.07, 6.45) is 2.52. The predicted octanol–water partition coefficient (Wildman–Crippen LogP) is 0.209. The van der Waals surface area contributed by atoms with Crippen molar-refractivity contribution < 1.29 is 14.6 Å². The van der Waals surface area contributed by atoms with Crippen molar-refractivity contribution in [3.63, 3.8) is 0 Å². The quantitative estimate of drug-likeness (QED) is 0.563. The number of aliphatic carboxylic acids is 1. The summed E-state index contributed by atoms with van der Waals surface area (Å²) in [5.41, 5.74) is 0. The molecule has 0 aliphatic heterocycles. The van der Waals surface area contributed by atoms with E-state index >= 15 is 0 Å². The first-order valence-electron chi connectivity index (χ1n) is 3.32. The maximum atomic E-state index is 9.96. The van der Waals surface area contributed by atoms with Crippen LogP contribution in [-0.2, 0) is 9.53 Å². The number of hydrogen-bond acceptors (Lipinski definition) is 3. The van der Waals surface area contributed by atoms with E-state index in [1.807, 2.05) is 6.92 Å². The Hall–Kier alpha value is -1.03. The molecule has 0 spiro atoms. The van der Waals surface area contributed by atoms with Crippen LogP contribution in [0.5, 0.6) is 0 Å². The van der Waals surface area contributed by atoms with E-state index in [4.69, 9.17) is 9.84 Å². The van der Waals surface area contributed by atoms with Gasteiger partial charge in [0.05, 0.1) is 6.10 Å². The normalized spacial score (nSPS) is 13.3. The molecule has 0 aromatic rings. The Bertz CT molecular complexity index is 145. The number of carboxylic acids is 1. The third kappa shape index (κ3) is 6.86. The number of carboxylic acid groups (broad SMARTS) is 1. The molecule has 0 aliphatic rings. The molecule has 0 saturated heterocycles. The molecule has 0 fully saturated rings. The van der Waals surface area contributed by atoms with Gasteiger partial charge in [-0.1, -0.05) is 0 Å². The maximum absolute atomic E-state index is 9.96. The molecule has 1 unspecified atom stereocenters. The highest BCUT2D eigenvalue weighted by atomic mass is 16.5. The van der Waals surface area contributed by atoms with Crippen molar-refractivity contribution in [2.24, 2.45) is 0 Å². The van der Waals surface area contributed by atoms with E-state index in [1.54, 1.807) is 7.11 Å². The van der Waals surface area contributed by atoms with E-state index in [0.717, 1.165) is 6.08 Å². The van der Waals surface area contributed by atoms with Crippen molar-refractivity contribution in [3.8, 4) is 0 Å². The first-order chi connectivity index (χ1) is 5.16. The van der Waals surface area contributed by atoms with Crippen molar-refractivity contribution in [1.82, 2.24) is 5.32 Å². The molecule has 0 aromatic carbocycles. The number of rotatable bonds is 5. The van der Waals surface area contributed by atoms with Crippen molar-refractivity contribution >= 4 is 5.97 Å². The summed E-state index contributed by atoms with van der Waals surface area (Å²) >= 11 is 0. The minimum Gasteiger partial charge on any atom is -0.478 e. The number of hydrogen-bond donors (Lipinski definition) is 2. The molecule has 0 heterocycles. The minimum absolute atomic E-state index is 0.0912. The SMILES string of the molecule is COC(C)CN/C=C/C(=O)O. The van der Waals surface area contributed by atoms with Gasteiger partial charge in [-0.05, 0) is 6.92 Å². The fraction of sp³-hybridized carbons (Fsp3) is 0.571. The summed E-state index contributed by atoms with van der Waals surface area (Å²) in [5.74, 6) is -0.956. The van der Waals surface area contributed by atoms with Crippen LogP contribution in [0.25, 0.3) is 0 Å². The summed E-state index contributed by atoms with van der Waals surface area (Å²) in [7, 11) is 1.60. The maximum Gasteiger partial charge on any atom is 0.329 e. The third-order valence-electron chi connectivity index (χ3n) is 1.15. The van der Waals surface area contributed by atoms with Crippen LogP contribution < -0.4 is 5.32 Å². The zero-order valence-corrected chi connectivity index (χ0v) is 6.70. The Balaban J connectivity index is 3.33. The van der Waals surface area contributed by atoms with Gasteiger partial charge in [-0.2, -0.15) is 0 Å². The van der Waals surface area contributed by atoms with Crippen molar-refractivity contribution in [2.75, 3.05) is 13.7 Å². The molecule has 0 aromatic heterocycles. The Morgan fingerprint density at radius 1 is 1.82 bits per heavy atom. The Morgan fingerprint density at radius 2 is 2.45 bits per heavy atom. The molecule has 64 valence electrons. The highest BCUT2D eigenvalue weighted by Gasteiger charge is 1.94. The lowest BCUT2D eigenvalue weighted by atomic mass is 10.4. The standard InChI is InChI=1S/C7H13NO3/c1-6(11-2)5-8-4-3-7(9)10/h3-4,6,8H,5H2,1-2H3,(H,9,10)/b4-3+. The molecule has 0 bridgehead atoms. The van der Waals surface area contributed by atoms with Crippen LogP contribution in [0.3, 0.4) is 0 Å². The van der Waals surface area contributed by atoms with Crippen LogP contribution >= 0.6 is 0 Å². The lowest BCUT2D eigenvalue weighted by Crippen LogP contribution is -2.21. The zero-order chi connectivity index (χ0) is 8.69. The number of nitrogens with one attached hydrogen (secondary N) is 1. The van der Waals surface area contributed by atoms with Gasteiger partial charge in [0.1, 0.15) is 0 Å². The van der Waals surface area contributed by atoms with E-state index < -0.39 is 5.97 Å². The lowest BCUT2D eigenvalue weighted by molar-refractivity contribution is -0.131. The van der Waals surface area contributed by atoms with Crippen LogP contribution in [0, 0.1) is 0 Å². The van der Waals surface area contributed by atoms with E-state index in [2.05, 4.69) is 5.32 Å². The fourth-order valence-electron chi connectivity index (χ4n) is 0.448. The van der Waals surface area contributed by atoms with Gasteiger partial charge in [-0.3, -0.25) is 0 Å². The summed E-state index contributed by atoms with van der Waals surface area (Å²) in [6.45, 7) is 2.50. The highest BCUT2D eigenvalue weighted by molar-refractivity contribution is 5.79. The van der Waals surface area contributed by atoms with Gasteiger partial charge in [0.25, 0.3) is 0 Å².